The van der Waals surface area contributed by atoms with Gasteiger partial charge >= 0.3 is 0 Å². The van der Waals surface area contributed by atoms with Gasteiger partial charge < -0.3 is 10.6 Å². The van der Waals surface area contributed by atoms with E-state index in [-0.39, 0.29) is 22.0 Å². The quantitative estimate of drug-likeness (QED) is 0.289. The van der Waals surface area contributed by atoms with E-state index < -0.39 is 16.0 Å². The Bertz CT molecular complexity index is 979. The van der Waals surface area contributed by atoms with Gasteiger partial charge in [0.1, 0.15) is 17.5 Å². The van der Waals surface area contributed by atoms with Crippen molar-refractivity contribution in [2.24, 2.45) is 0 Å². The number of carbonyl (C=O) groups is 1. The minimum Gasteiger partial charge on any atom is -0.389 e. The monoisotopic (exact) mass is 389 g/mol. The van der Waals surface area contributed by atoms with Gasteiger partial charge in [-0.25, -0.2) is 4.39 Å². The summed E-state index contributed by atoms with van der Waals surface area (Å²) >= 11 is 0. The van der Waals surface area contributed by atoms with Gasteiger partial charge in [-0.15, -0.1) is 0 Å². The van der Waals surface area contributed by atoms with Crippen molar-refractivity contribution >= 4 is 21.7 Å². The summed E-state index contributed by atoms with van der Waals surface area (Å²) in [5, 5.41) is 14.4. The van der Waals surface area contributed by atoms with Gasteiger partial charge in [-0.3, -0.25) is 9.35 Å². The summed E-state index contributed by atoms with van der Waals surface area (Å²) in [6.07, 6.45) is 1.85. The molecule has 0 heterocycles. The maximum absolute atomic E-state index is 12.8. The molecule has 2 aromatic carbocycles. The number of rotatable bonds is 7. The minimum atomic E-state index is -4.32. The highest BCUT2D eigenvalue weighted by Gasteiger charge is 2.11. The molecule has 0 saturated heterocycles. The van der Waals surface area contributed by atoms with Crippen molar-refractivity contribution in [1.82, 2.24) is 5.32 Å². The third kappa shape index (κ3) is 6.22. The van der Waals surface area contributed by atoms with E-state index in [1.165, 1.54) is 30.5 Å². The van der Waals surface area contributed by atoms with Gasteiger partial charge in [-0.1, -0.05) is 12.1 Å². The second-order valence-electron chi connectivity index (χ2n) is 5.45. The average Bonchev–Trinajstić information content (AvgIpc) is 2.63. The minimum absolute atomic E-state index is 0.173. The number of anilines is 1. The van der Waals surface area contributed by atoms with Gasteiger partial charge in [0, 0.05) is 18.4 Å². The van der Waals surface area contributed by atoms with Crippen LogP contribution in [0, 0.1) is 17.1 Å². The molecule has 0 aromatic heterocycles. The molecule has 0 aliphatic carbocycles. The van der Waals surface area contributed by atoms with Crippen molar-refractivity contribution in [3.05, 3.63) is 71.7 Å². The van der Waals surface area contributed by atoms with E-state index in [2.05, 4.69) is 10.6 Å². The van der Waals surface area contributed by atoms with E-state index in [4.69, 9.17) is 9.81 Å². The Morgan fingerprint density at radius 3 is 2.33 bits per heavy atom. The standard InChI is InChI=1S/C18H16FN3O4S/c19-15-3-1-13(2-4-15)9-10-21-12-14(11-20)18(23)22-16-5-7-17(8-6-16)27(24,25)26/h1-8,12,21H,9-10H2,(H,22,23)(H,24,25,26)/b14-12-. The molecule has 0 aliphatic rings. The highest BCUT2D eigenvalue weighted by atomic mass is 32.2. The first-order chi connectivity index (χ1) is 12.8. The largest absolute Gasteiger partial charge is 0.389 e. The Morgan fingerprint density at radius 2 is 1.78 bits per heavy atom. The zero-order valence-corrected chi connectivity index (χ0v) is 14.8. The molecule has 0 saturated carbocycles. The summed E-state index contributed by atoms with van der Waals surface area (Å²) in [4.78, 5) is 11.8. The van der Waals surface area contributed by atoms with Crippen LogP contribution >= 0.6 is 0 Å². The van der Waals surface area contributed by atoms with Crippen LogP contribution in [0.4, 0.5) is 10.1 Å². The van der Waals surface area contributed by atoms with Gasteiger partial charge in [-0.2, -0.15) is 13.7 Å². The number of hydrogen-bond donors (Lipinski definition) is 3. The number of carbonyl (C=O) groups excluding carboxylic acids is 1. The van der Waals surface area contributed by atoms with Crippen molar-refractivity contribution in [1.29, 1.82) is 5.26 Å². The van der Waals surface area contributed by atoms with Crippen LogP contribution in [-0.2, 0) is 21.3 Å². The van der Waals surface area contributed by atoms with E-state index in [9.17, 15) is 17.6 Å². The molecule has 1 amide bonds. The third-order valence-corrected chi connectivity index (χ3v) is 4.36. The molecule has 2 rings (SSSR count). The lowest BCUT2D eigenvalue weighted by atomic mass is 10.1. The molecule has 0 unspecified atom stereocenters. The molecule has 2 aromatic rings. The maximum atomic E-state index is 12.8. The Morgan fingerprint density at radius 1 is 1.15 bits per heavy atom. The number of nitrogens with zero attached hydrogens (tertiary/aromatic N) is 1. The van der Waals surface area contributed by atoms with E-state index in [0.717, 1.165) is 17.7 Å². The van der Waals surface area contributed by atoms with Crippen molar-refractivity contribution < 1.29 is 22.2 Å². The Hall–Kier alpha value is -3.22. The number of benzene rings is 2. The molecule has 0 atom stereocenters. The third-order valence-electron chi connectivity index (χ3n) is 3.49. The normalized spacial score (nSPS) is 11.5. The molecule has 140 valence electrons. The fraction of sp³-hybridized carbons (Fsp3) is 0.111. The predicted molar refractivity (Wildman–Crippen MR) is 96.7 cm³/mol. The van der Waals surface area contributed by atoms with Crippen LogP contribution in [0.5, 0.6) is 0 Å². The summed E-state index contributed by atoms with van der Waals surface area (Å²) in [6, 6.07) is 12.6. The lowest BCUT2D eigenvalue weighted by Crippen LogP contribution is -2.18. The molecule has 7 nitrogen and oxygen atoms in total. The topological polar surface area (TPSA) is 119 Å². The fourth-order valence-corrected chi connectivity index (χ4v) is 2.58. The predicted octanol–water partition coefficient (Wildman–Crippen LogP) is 2.25. The summed E-state index contributed by atoms with van der Waals surface area (Å²) in [5.41, 5.74) is 0.993. The molecule has 27 heavy (non-hydrogen) atoms. The fourth-order valence-electron chi connectivity index (χ4n) is 2.10. The average molecular weight is 389 g/mol. The molecule has 3 N–H and O–H groups in total. The molecule has 9 heteroatoms. The maximum Gasteiger partial charge on any atom is 0.294 e. The second kappa shape index (κ2) is 8.93. The van der Waals surface area contributed by atoms with Gasteiger partial charge in [0.2, 0.25) is 0 Å². The van der Waals surface area contributed by atoms with E-state index in [1.807, 2.05) is 0 Å². The molecule has 0 spiro atoms. The van der Waals surface area contributed by atoms with Crippen molar-refractivity contribution in [3.8, 4) is 6.07 Å². The van der Waals surface area contributed by atoms with Gasteiger partial charge in [0.25, 0.3) is 16.0 Å². The van der Waals surface area contributed by atoms with Crippen LogP contribution in [0.2, 0.25) is 0 Å². The van der Waals surface area contributed by atoms with Gasteiger partial charge in [-0.05, 0) is 48.4 Å². The van der Waals surface area contributed by atoms with Crippen LogP contribution in [-0.4, -0.2) is 25.4 Å². The van der Waals surface area contributed by atoms with Gasteiger partial charge in [0.05, 0.1) is 4.90 Å². The lowest BCUT2D eigenvalue weighted by molar-refractivity contribution is -0.112. The first kappa shape index (κ1) is 20.1. The Balaban J connectivity index is 1.91. The zero-order valence-electron chi connectivity index (χ0n) is 14.0. The van der Waals surface area contributed by atoms with E-state index in [1.54, 1.807) is 18.2 Å². The summed E-state index contributed by atoms with van der Waals surface area (Å²) in [5.74, 6) is -0.994. The zero-order chi connectivity index (χ0) is 19.9. The SMILES string of the molecule is N#C/C(=C/NCCc1ccc(F)cc1)C(=O)Nc1ccc(S(=O)(=O)O)cc1. The molecule has 0 bridgehead atoms. The number of amides is 1. The highest BCUT2D eigenvalue weighted by Crippen LogP contribution is 2.14. The highest BCUT2D eigenvalue weighted by molar-refractivity contribution is 7.85. The van der Waals surface area contributed by atoms with Crippen molar-refractivity contribution in [2.45, 2.75) is 11.3 Å². The smallest absolute Gasteiger partial charge is 0.294 e. The molecular weight excluding hydrogens is 373 g/mol. The number of halogens is 1. The molecule has 0 fully saturated rings. The Labute approximate surface area is 155 Å². The first-order valence-corrected chi connectivity index (χ1v) is 9.20. The molecule has 0 aliphatic heterocycles. The molecule has 0 radical (unpaired) electrons. The lowest BCUT2D eigenvalue weighted by Gasteiger charge is -2.06. The first-order valence-electron chi connectivity index (χ1n) is 7.76. The van der Waals surface area contributed by atoms with Crippen molar-refractivity contribution in [3.63, 3.8) is 0 Å². The summed E-state index contributed by atoms with van der Waals surface area (Å²) in [6.45, 7) is 0.438. The number of nitriles is 1. The Kier molecular flexibility index (Phi) is 6.65. The number of nitrogens with one attached hydrogen (secondary N) is 2. The van der Waals surface area contributed by atoms with Crippen LogP contribution < -0.4 is 10.6 Å². The van der Waals surface area contributed by atoms with Gasteiger partial charge in [0.15, 0.2) is 0 Å². The summed E-state index contributed by atoms with van der Waals surface area (Å²) in [7, 11) is -4.32. The van der Waals surface area contributed by atoms with Crippen LogP contribution in [0.3, 0.4) is 0 Å². The van der Waals surface area contributed by atoms with Crippen LogP contribution in [0.25, 0.3) is 0 Å². The van der Waals surface area contributed by atoms with Crippen LogP contribution in [0.1, 0.15) is 5.56 Å². The van der Waals surface area contributed by atoms with E-state index >= 15 is 0 Å². The summed E-state index contributed by atoms with van der Waals surface area (Å²) < 4.78 is 43.7. The second-order valence-corrected chi connectivity index (χ2v) is 6.88. The number of hydrogen-bond acceptors (Lipinski definition) is 5. The van der Waals surface area contributed by atoms with Crippen molar-refractivity contribution in [2.75, 3.05) is 11.9 Å². The van der Waals surface area contributed by atoms with Crippen LogP contribution in [0.15, 0.2) is 65.2 Å². The van der Waals surface area contributed by atoms with E-state index in [0.29, 0.717) is 13.0 Å². The molecular formula is C18H16FN3O4S.